The molecule has 0 aliphatic heterocycles. The number of benzene rings is 1. The Morgan fingerprint density at radius 3 is 2.60 bits per heavy atom. The maximum absolute atomic E-state index is 13.5. The minimum atomic E-state index is -1.34. The van der Waals surface area contributed by atoms with Gasteiger partial charge in [-0.1, -0.05) is 0 Å². The van der Waals surface area contributed by atoms with E-state index < -0.39 is 23.3 Å². The molecule has 20 heavy (non-hydrogen) atoms. The fourth-order valence-corrected chi connectivity index (χ4v) is 1.57. The number of pyridine rings is 1. The molecule has 0 saturated heterocycles. The SMILES string of the molecule is NC(=O)c1ccnc(Nc2ccc(C(=O)O)c(F)c2)c1. The van der Waals surface area contributed by atoms with Crippen LogP contribution in [0.1, 0.15) is 20.7 Å². The van der Waals surface area contributed by atoms with Gasteiger partial charge in [-0.15, -0.1) is 0 Å². The van der Waals surface area contributed by atoms with Crippen molar-refractivity contribution >= 4 is 23.4 Å². The van der Waals surface area contributed by atoms with Gasteiger partial charge >= 0.3 is 5.97 Å². The second-order valence-electron chi connectivity index (χ2n) is 3.92. The lowest BCUT2D eigenvalue weighted by Crippen LogP contribution is -2.11. The van der Waals surface area contributed by atoms with Gasteiger partial charge in [0.1, 0.15) is 11.6 Å². The summed E-state index contributed by atoms with van der Waals surface area (Å²) in [6.07, 6.45) is 1.38. The molecule has 1 heterocycles. The number of aromatic carboxylic acids is 1. The number of carbonyl (C=O) groups is 2. The second-order valence-corrected chi connectivity index (χ2v) is 3.92. The molecule has 1 amide bonds. The number of nitrogens with one attached hydrogen (secondary N) is 1. The van der Waals surface area contributed by atoms with Crippen LogP contribution in [-0.4, -0.2) is 22.0 Å². The molecule has 0 radical (unpaired) electrons. The van der Waals surface area contributed by atoms with Gasteiger partial charge in [0.05, 0.1) is 5.56 Å². The van der Waals surface area contributed by atoms with Crippen molar-refractivity contribution in [2.24, 2.45) is 5.73 Å². The lowest BCUT2D eigenvalue weighted by atomic mass is 10.2. The Morgan fingerprint density at radius 1 is 1.25 bits per heavy atom. The zero-order chi connectivity index (χ0) is 14.7. The number of aromatic nitrogens is 1. The summed E-state index contributed by atoms with van der Waals surface area (Å²) in [5.74, 6) is -2.52. The van der Waals surface area contributed by atoms with Gasteiger partial charge < -0.3 is 16.2 Å². The molecule has 0 bridgehead atoms. The number of amides is 1. The Hall–Kier alpha value is -2.96. The molecule has 7 heteroatoms. The van der Waals surface area contributed by atoms with Crippen molar-refractivity contribution < 1.29 is 19.1 Å². The molecule has 0 fully saturated rings. The van der Waals surface area contributed by atoms with Gasteiger partial charge in [-0.2, -0.15) is 0 Å². The van der Waals surface area contributed by atoms with E-state index >= 15 is 0 Å². The van der Waals surface area contributed by atoms with E-state index in [1.54, 1.807) is 0 Å². The maximum Gasteiger partial charge on any atom is 0.338 e. The normalized spacial score (nSPS) is 10.1. The number of carboxylic acid groups (broad SMARTS) is 1. The number of rotatable bonds is 4. The van der Waals surface area contributed by atoms with Crippen LogP contribution in [0.15, 0.2) is 36.5 Å². The lowest BCUT2D eigenvalue weighted by molar-refractivity contribution is 0.0691. The Morgan fingerprint density at radius 2 is 2.00 bits per heavy atom. The van der Waals surface area contributed by atoms with Crippen molar-refractivity contribution in [2.45, 2.75) is 0 Å². The van der Waals surface area contributed by atoms with E-state index in [0.29, 0.717) is 11.5 Å². The first kappa shape index (κ1) is 13.5. The number of carboxylic acids is 1. The molecule has 0 spiro atoms. The quantitative estimate of drug-likeness (QED) is 0.788. The van der Waals surface area contributed by atoms with Crippen molar-refractivity contribution in [3.8, 4) is 0 Å². The van der Waals surface area contributed by atoms with Gasteiger partial charge in [0.25, 0.3) is 0 Å². The average Bonchev–Trinajstić information content (AvgIpc) is 2.38. The van der Waals surface area contributed by atoms with Gasteiger partial charge in [-0.05, 0) is 30.3 Å². The van der Waals surface area contributed by atoms with Gasteiger partial charge in [0, 0.05) is 17.4 Å². The van der Waals surface area contributed by atoms with E-state index in [9.17, 15) is 14.0 Å². The zero-order valence-corrected chi connectivity index (χ0v) is 10.1. The number of halogens is 1. The molecule has 4 N–H and O–H groups in total. The summed E-state index contributed by atoms with van der Waals surface area (Å²) < 4.78 is 13.5. The van der Waals surface area contributed by atoms with Crippen LogP contribution in [0, 0.1) is 5.82 Å². The standard InChI is InChI=1S/C13H10FN3O3/c14-10-6-8(1-2-9(10)13(19)20)17-11-5-7(12(15)18)3-4-16-11/h1-6H,(H2,15,18)(H,16,17)(H,19,20). The maximum atomic E-state index is 13.5. The van der Waals surface area contributed by atoms with Crippen LogP contribution in [0.5, 0.6) is 0 Å². The summed E-state index contributed by atoms with van der Waals surface area (Å²) in [5, 5.41) is 11.5. The number of hydrogen-bond donors (Lipinski definition) is 3. The van der Waals surface area contributed by atoms with E-state index in [-0.39, 0.29) is 5.56 Å². The molecule has 0 aliphatic rings. The molecule has 0 unspecified atom stereocenters. The predicted octanol–water partition coefficient (Wildman–Crippen LogP) is 1.76. The highest BCUT2D eigenvalue weighted by atomic mass is 19.1. The molecule has 2 aromatic rings. The number of anilines is 2. The number of hydrogen-bond acceptors (Lipinski definition) is 4. The predicted molar refractivity (Wildman–Crippen MR) is 69.4 cm³/mol. The van der Waals surface area contributed by atoms with Crippen LogP contribution in [0.3, 0.4) is 0 Å². The summed E-state index contributed by atoms with van der Waals surface area (Å²) in [6.45, 7) is 0. The van der Waals surface area contributed by atoms with E-state index in [0.717, 1.165) is 12.1 Å². The first-order valence-electron chi connectivity index (χ1n) is 5.53. The van der Waals surface area contributed by atoms with E-state index in [1.807, 2.05) is 0 Å². The smallest absolute Gasteiger partial charge is 0.338 e. The molecule has 1 aromatic heterocycles. The molecule has 0 saturated carbocycles. The largest absolute Gasteiger partial charge is 0.478 e. The monoisotopic (exact) mass is 275 g/mol. The highest BCUT2D eigenvalue weighted by molar-refractivity contribution is 5.93. The minimum Gasteiger partial charge on any atom is -0.478 e. The Labute approximate surface area is 113 Å². The Balaban J connectivity index is 2.26. The molecule has 0 atom stereocenters. The first-order chi connectivity index (χ1) is 9.47. The van der Waals surface area contributed by atoms with E-state index in [1.165, 1.54) is 24.4 Å². The fraction of sp³-hybridized carbons (Fsp3) is 0. The van der Waals surface area contributed by atoms with Crippen LogP contribution in [0.25, 0.3) is 0 Å². The summed E-state index contributed by atoms with van der Waals surface area (Å²) in [7, 11) is 0. The van der Waals surface area contributed by atoms with Crippen LogP contribution >= 0.6 is 0 Å². The number of nitrogens with zero attached hydrogens (tertiary/aromatic N) is 1. The molecule has 2 rings (SSSR count). The third kappa shape index (κ3) is 2.89. The van der Waals surface area contributed by atoms with Gasteiger partial charge in [-0.3, -0.25) is 4.79 Å². The summed E-state index contributed by atoms with van der Waals surface area (Å²) in [4.78, 5) is 25.7. The Kier molecular flexibility index (Phi) is 3.60. The van der Waals surface area contributed by atoms with Crippen LogP contribution < -0.4 is 11.1 Å². The Bertz CT molecular complexity index is 688. The van der Waals surface area contributed by atoms with Gasteiger partial charge in [-0.25, -0.2) is 14.2 Å². The van der Waals surface area contributed by atoms with E-state index in [4.69, 9.17) is 10.8 Å². The molecular formula is C13H10FN3O3. The third-order valence-electron chi connectivity index (χ3n) is 2.52. The van der Waals surface area contributed by atoms with Crippen molar-refractivity contribution in [3.63, 3.8) is 0 Å². The average molecular weight is 275 g/mol. The highest BCUT2D eigenvalue weighted by Crippen LogP contribution is 2.19. The third-order valence-corrected chi connectivity index (χ3v) is 2.52. The van der Waals surface area contributed by atoms with E-state index in [2.05, 4.69) is 10.3 Å². The fourth-order valence-electron chi connectivity index (χ4n) is 1.57. The molecule has 0 aliphatic carbocycles. The van der Waals surface area contributed by atoms with Crippen LogP contribution in [0.2, 0.25) is 0 Å². The lowest BCUT2D eigenvalue weighted by Gasteiger charge is -2.07. The summed E-state index contributed by atoms with van der Waals surface area (Å²) in [5.41, 5.74) is 5.27. The van der Waals surface area contributed by atoms with Crippen molar-refractivity contribution in [1.82, 2.24) is 4.98 Å². The van der Waals surface area contributed by atoms with Gasteiger partial charge in [0.15, 0.2) is 0 Å². The van der Waals surface area contributed by atoms with Gasteiger partial charge in [0.2, 0.25) is 5.91 Å². The van der Waals surface area contributed by atoms with Crippen molar-refractivity contribution in [3.05, 3.63) is 53.5 Å². The number of carbonyl (C=O) groups excluding carboxylic acids is 1. The van der Waals surface area contributed by atoms with Crippen molar-refractivity contribution in [2.75, 3.05) is 5.32 Å². The van der Waals surface area contributed by atoms with Crippen LogP contribution in [-0.2, 0) is 0 Å². The zero-order valence-electron chi connectivity index (χ0n) is 10.1. The second kappa shape index (κ2) is 5.35. The highest BCUT2D eigenvalue weighted by Gasteiger charge is 2.10. The van der Waals surface area contributed by atoms with Crippen molar-refractivity contribution in [1.29, 1.82) is 0 Å². The molecule has 1 aromatic carbocycles. The topological polar surface area (TPSA) is 105 Å². The number of primary amides is 1. The molecular weight excluding hydrogens is 265 g/mol. The van der Waals surface area contributed by atoms with Crippen LogP contribution in [0.4, 0.5) is 15.9 Å². The number of nitrogens with two attached hydrogens (primary N) is 1. The summed E-state index contributed by atoms with van der Waals surface area (Å²) in [6, 6.07) is 6.41. The summed E-state index contributed by atoms with van der Waals surface area (Å²) >= 11 is 0. The minimum absolute atomic E-state index is 0.255. The first-order valence-corrected chi connectivity index (χ1v) is 5.53. The molecule has 102 valence electrons. The molecule has 6 nitrogen and oxygen atoms in total.